The van der Waals surface area contributed by atoms with Crippen LogP contribution in [0.5, 0.6) is 11.5 Å². The third-order valence-electron chi connectivity index (χ3n) is 6.10. The number of nitrogens with zero attached hydrogens (tertiary/aromatic N) is 1. The van der Waals surface area contributed by atoms with E-state index in [1.807, 2.05) is 60.7 Å². The summed E-state index contributed by atoms with van der Waals surface area (Å²) in [5.41, 5.74) is 1.09. The first-order valence-corrected chi connectivity index (χ1v) is 12.4. The Morgan fingerprint density at radius 2 is 1.48 bits per heavy atom. The van der Waals surface area contributed by atoms with E-state index in [1.54, 1.807) is 17.0 Å². The minimum atomic E-state index is -3.40. The van der Waals surface area contributed by atoms with Gasteiger partial charge in [0.25, 0.3) is 5.91 Å². The average molecular weight is 465 g/mol. The molecule has 3 aromatic carbocycles. The number of benzene rings is 3. The van der Waals surface area contributed by atoms with Gasteiger partial charge in [0, 0.05) is 30.4 Å². The number of rotatable bonds is 7. The van der Waals surface area contributed by atoms with Crippen LogP contribution in [0.4, 0.5) is 0 Å². The molecule has 0 aliphatic carbocycles. The van der Waals surface area contributed by atoms with E-state index in [-0.39, 0.29) is 19.2 Å². The lowest BCUT2D eigenvalue weighted by molar-refractivity contribution is -0.112. The molecule has 2 heterocycles. The van der Waals surface area contributed by atoms with E-state index in [1.165, 1.54) is 14.2 Å². The van der Waals surface area contributed by atoms with Gasteiger partial charge in [0.1, 0.15) is 5.78 Å². The van der Waals surface area contributed by atoms with Gasteiger partial charge in [-0.1, -0.05) is 60.7 Å². The van der Waals surface area contributed by atoms with Crippen LogP contribution in [0.1, 0.15) is 21.7 Å². The van der Waals surface area contributed by atoms with Gasteiger partial charge in [-0.05, 0) is 17.7 Å². The Bertz CT molecular complexity index is 1170. The van der Waals surface area contributed by atoms with Crippen LogP contribution in [0.25, 0.3) is 0 Å². The monoisotopic (exact) mass is 465 g/mol. The lowest BCUT2D eigenvalue weighted by atomic mass is 10.1. The highest BCUT2D eigenvalue weighted by Gasteiger charge is 2.50. The van der Waals surface area contributed by atoms with Crippen LogP contribution in [0, 0.1) is 0 Å². The van der Waals surface area contributed by atoms with Crippen LogP contribution in [0.3, 0.4) is 0 Å². The number of ether oxygens (including phenoxy) is 4. The van der Waals surface area contributed by atoms with Gasteiger partial charge in [0.05, 0.1) is 6.54 Å². The third-order valence-corrected chi connectivity index (χ3v) is 9.48. The third kappa shape index (κ3) is 3.53. The fourth-order valence-electron chi connectivity index (χ4n) is 4.50. The molecular weight excluding hydrogens is 441 g/mol. The van der Waals surface area contributed by atoms with Crippen molar-refractivity contribution in [3.05, 3.63) is 83.9 Å². The quantitative estimate of drug-likeness (QED) is 0.393. The van der Waals surface area contributed by atoms with Gasteiger partial charge in [-0.3, -0.25) is 4.79 Å². The maximum atomic E-state index is 15.2. The average Bonchev–Trinajstić information content (AvgIpc) is 3.43. The summed E-state index contributed by atoms with van der Waals surface area (Å²) in [7, 11) is -0.372. The Morgan fingerprint density at radius 1 is 0.939 bits per heavy atom. The van der Waals surface area contributed by atoms with Crippen molar-refractivity contribution in [2.45, 2.75) is 12.1 Å². The molecule has 0 aromatic heterocycles. The number of amides is 1. The van der Waals surface area contributed by atoms with Gasteiger partial charge in [-0.15, -0.1) is 0 Å². The van der Waals surface area contributed by atoms with Crippen molar-refractivity contribution < 1.29 is 28.3 Å². The number of hydrogen-bond donors (Lipinski definition) is 0. The number of fused-ring (bicyclic) bond motifs is 2. The molecule has 3 aromatic rings. The van der Waals surface area contributed by atoms with Crippen LogP contribution in [0.2, 0.25) is 0 Å². The molecule has 1 atom stereocenters. The van der Waals surface area contributed by atoms with Gasteiger partial charge < -0.3 is 28.4 Å². The summed E-state index contributed by atoms with van der Waals surface area (Å²) in [6.45, 7) is 0.201. The number of methoxy groups -OCH3 is 2. The second-order valence-electron chi connectivity index (χ2n) is 7.85. The smallest absolute Gasteiger partial charge is 0.255 e. The summed E-state index contributed by atoms with van der Waals surface area (Å²) in [6, 6.07) is 22.1. The Kier molecular flexibility index (Phi) is 5.71. The molecule has 170 valence electrons. The Morgan fingerprint density at radius 3 is 2.03 bits per heavy atom. The molecule has 0 bridgehead atoms. The fraction of sp³-hybridized carbons (Fsp3) is 0.240. The summed E-state index contributed by atoms with van der Waals surface area (Å²) in [5.74, 6) is 0.0367. The van der Waals surface area contributed by atoms with E-state index < -0.39 is 19.2 Å². The minimum Gasteiger partial charge on any atom is -0.454 e. The molecule has 1 unspecified atom stereocenters. The highest BCUT2D eigenvalue weighted by molar-refractivity contribution is 7.79. The second kappa shape index (κ2) is 8.67. The summed E-state index contributed by atoms with van der Waals surface area (Å²) in [4.78, 5) is 15.3. The van der Waals surface area contributed by atoms with Crippen molar-refractivity contribution in [1.29, 1.82) is 0 Å². The zero-order valence-corrected chi connectivity index (χ0v) is 19.2. The van der Waals surface area contributed by atoms with E-state index in [0.29, 0.717) is 33.2 Å². The van der Waals surface area contributed by atoms with Crippen LogP contribution < -0.4 is 20.1 Å². The van der Waals surface area contributed by atoms with Crippen LogP contribution >= 0.6 is 7.14 Å². The summed E-state index contributed by atoms with van der Waals surface area (Å²) >= 11 is 0. The zero-order valence-electron chi connectivity index (χ0n) is 18.3. The van der Waals surface area contributed by atoms with E-state index in [0.717, 1.165) is 0 Å². The van der Waals surface area contributed by atoms with Crippen LogP contribution in [-0.4, -0.2) is 44.7 Å². The first kappa shape index (κ1) is 21.7. The Labute approximate surface area is 192 Å². The molecule has 0 saturated carbocycles. The molecule has 0 fully saturated rings. The van der Waals surface area contributed by atoms with Gasteiger partial charge >= 0.3 is 0 Å². The molecule has 0 spiro atoms. The molecule has 2 aliphatic rings. The largest absolute Gasteiger partial charge is 0.454 e. The minimum absolute atomic E-state index is 0.0885. The predicted octanol–water partition coefficient (Wildman–Crippen LogP) is 3.50. The van der Waals surface area contributed by atoms with Crippen molar-refractivity contribution in [2.75, 3.05) is 27.6 Å². The first-order valence-electron chi connectivity index (χ1n) is 10.6. The zero-order chi connectivity index (χ0) is 23.0. The molecule has 8 heteroatoms. The fourth-order valence-corrected chi connectivity index (χ4v) is 7.79. The van der Waals surface area contributed by atoms with Gasteiger partial charge in [-0.25, -0.2) is 0 Å². The van der Waals surface area contributed by atoms with Gasteiger partial charge in [0.15, 0.2) is 24.9 Å². The van der Waals surface area contributed by atoms with Gasteiger partial charge in [-0.2, -0.15) is 0 Å². The molecule has 5 rings (SSSR count). The van der Waals surface area contributed by atoms with Crippen LogP contribution in [0.15, 0.2) is 72.8 Å². The highest BCUT2D eigenvalue weighted by Crippen LogP contribution is 2.62. The van der Waals surface area contributed by atoms with Crippen molar-refractivity contribution in [1.82, 2.24) is 4.90 Å². The number of carbonyl (C=O) groups excluding carboxylic acids is 1. The normalized spacial score (nSPS) is 17.0. The topological polar surface area (TPSA) is 74.3 Å². The Balaban J connectivity index is 1.76. The van der Waals surface area contributed by atoms with Crippen molar-refractivity contribution >= 4 is 23.7 Å². The van der Waals surface area contributed by atoms with Crippen LogP contribution in [-0.2, 0) is 14.0 Å². The Hall–Kier alpha value is -3.12. The van der Waals surface area contributed by atoms with E-state index in [9.17, 15) is 4.79 Å². The molecular formula is C25H24NO6P. The van der Waals surface area contributed by atoms with Crippen molar-refractivity contribution in [3.8, 4) is 11.5 Å². The molecule has 2 aliphatic heterocycles. The lowest BCUT2D eigenvalue weighted by Gasteiger charge is -2.34. The highest BCUT2D eigenvalue weighted by atomic mass is 31.2. The summed E-state index contributed by atoms with van der Waals surface area (Å²) in [5, 5.41) is 1.33. The molecule has 0 saturated heterocycles. The van der Waals surface area contributed by atoms with E-state index in [4.69, 9.17) is 18.9 Å². The first-order chi connectivity index (χ1) is 16.1. The standard InChI is InChI=1S/C25H24NO6P/c1-29-23(30-2)15-26-24(27)19-13-21-22(32-16-31-21)14-20(19)25(26)33(28,17-9-5-3-6-10-17)18-11-7-4-8-12-18/h3-14,23,25H,15-16H2,1-2H3. The predicted molar refractivity (Wildman–Crippen MR) is 124 cm³/mol. The number of hydrogen-bond acceptors (Lipinski definition) is 6. The molecule has 0 N–H and O–H groups in total. The number of carbonyl (C=O) groups is 1. The lowest BCUT2D eigenvalue weighted by Crippen LogP contribution is -2.39. The van der Waals surface area contributed by atoms with Crippen molar-refractivity contribution in [3.63, 3.8) is 0 Å². The maximum absolute atomic E-state index is 15.2. The second-order valence-corrected chi connectivity index (χ2v) is 10.7. The molecule has 0 radical (unpaired) electrons. The molecule has 1 amide bonds. The molecule has 33 heavy (non-hydrogen) atoms. The van der Waals surface area contributed by atoms with E-state index >= 15 is 4.57 Å². The maximum Gasteiger partial charge on any atom is 0.255 e. The SMILES string of the molecule is COC(CN1C(=O)c2cc3c(cc2C1P(=O)(c1ccccc1)c1ccccc1)OCO3)OC. The molecule has 7 nitrogen and oxygen atoms in total. The van der Waals surface area contributed by atoms with Gasteiger partial charge in [0.2, 0.25) is 6.79 Å². The summed E-state index contributed by atoms with van der Waals surface area (Å²) < 4.78 is 37.2. The van der Waals surface area contributed by atoms with Crippen molar-refractivity contribution in [2.24, 2.45) is 0 Å². The summed E-state index contributed by atoms with van der Waals surface area (Å²) in [6.07, 6.45) is -0.676. The van der Waals surface area contributed by atoms with E-state index in [2.05, 4.69) is 0 Å².